The van der Waals surface area contributed by atoms with E-state index in [-0.39, 0.29) is 6.04 Å². The summed E-state index contributed by atoms with van der Waals surface area (Å²) in [7, 11) is 0. The van der Waals surface area contributed by atoms with E-state index in [1.807, 2.05) is 0 Å². The number of hydrogen-bond donors (Lipinski definition) is 1. The molecule has 0 aliphatic carbocycles. The summed E-state index contributed by atoms with van der Waals surface area (Å²) in [5, 5.41) is 3.30. The van der Waals surface area contributed by atoms with Crippen molar-refractivity contribution in [3.63, 3.8) is 0 Å². The Hall–Kier alpha value is -0.570. The smallest absolute Gasteiger partial charge is 0.240 e. The van der Waals surface area contributed by atoms with Gasteiger partial charge < -0.3 is 10.2 Å². The highest BCUT2D eigenvalue weighted by molar-refractivity contribution is 5.82. The molecule has 1 amide bonds. The van der Waals surface area contributed by atoms with E-state index in [4.69, 9.17) is 0 Å². The van der Waals surface area contributed by atoms with Crippen LogP contribution in [-0.4, -0.2) is 35.5 Å². The summed E-state index contributed by atoms with van der Waals surface area (Å²) in [4.78, 5) is 14.4. The van der Waals surface area contributed by atoms with Gasteiger partial charge in [-0.15, -0.1) is 0 Å². The van der Waals surface area contributed by atoms with Crippen molar-refractivity contribution in [3.8, 4) is 0 Å². The zero-order valence-electron chi connectivity index (χ0n) is 9.83. The van der Waals surface area contributed by atoms with Crippen LogP contribution in [0.1, 0.15) is 46.0 Å². The molecule has 15 heavy (non-hydrogen) atoms. The maximum atomic E-state index is 12.3. The van der Waals surface area contributed by atoms with E-state index >= 15 is 0 Å². The molecule has 2 rings (SSSR count). The van der Waals surface area contributed by atoms with Crippen LogP contribution in [0.25, 0.3) is 0 Å². The predicted molar refractivity (Wildman–Crippen MR) is 60.6 cm³/mol. The van der Waals surface area contributed by atoms with Gasteiger partial charge in [-0.3, -0.25) is 4.79 Å². The number of rotatable bonds is 1. The second-order valence-electron chi connectivity index (χ2n) is 5.02. The Balaban J connectivity index is 2.02. The molecule has 0 saturated carbocycles. The van der Waals surface area contributed by atoms with Crippen molar-refractivity contribution >= 4 is 5.91 Å². The summed E-state index contributed by atoms with van der Waals surface area (Å²) in [5.74, 6) is 0.340. The molecule has 2 saturated heterocycles. The summed E-state index contributed by atoms with van der Waals surface area (Å²) in [6, 6.07) is 0.972. The largest absolute Gasteiger partial charge is 0.336 e. The zero-order valence-corrected chi connectivity index (χ0v) is 9.83. The second kappa shape index (κ2) is 4.52. The Bertz CT molecular complexity index is 226. The highest BCUT2D eigenvalue weighted by atomic mass is 16.2. The van der Waals surface area contributed by atoms with Gasteiger partial charge in [-0.25, -0.2) is 0 Å². The first-order chi connectivity index (χ1) is 7.20. The van der Waals surface area contributed by atoms with Crippen molar-refractivity contribution in [2.24, 2.45) is 0 Å². The van der Waals surface area contributed by atoms with Gasteiger partial charge in [-0.1, -0.05) is 0 Å². The minimum absolute atomic E-state index is 0.105. The molecule has 0 spiro atoms. The van der Waals surface area contributed by atoms with Gasteiger partial charge in [0.2, 0.25) is 5.91 Å². The average Bonchev–Trinajstić information content (AvgIpc) is 2.69. The Morgan fingerprint density at radius 1 is 1.13 bits per heavy atom. The number of hydrogen-bond acceptors (Lipinski definition) is 2. The first-order valence-electron chi connectivity index (χ1n) is 6.25. The molecule has 2 aliphatic heterocycles. The van der Waals surface area contributed by atoms with E-state index in [0.29, 0.717) is 18.0 Å². The zero-order chi connectivity index (χ0) is 10.8. The highest BCUT2D eigenvalue weighted by Crippen LogP contribution is 2.24. The molecule has 3 atom stereocenters. The molecule has 3 nitrogen and oxygen atoms in total. The molecule has 2 aliphatic rings. The van der Waals surface area contributed by atoms with Crippen LogP contribution in [0.15, 0.2) is 0 Å². The molecular formula is C12H22N2O. The van der Waals surface area contributed by atoms with Crippen LogP contribution in [0.2, 0.25) is 0 Å². The molecule has 0 unspecified atom stereocenters. The Kier molecular flexibility index (Phi) is 3.29. The van der Waals surface area contributed by atoms with Crippen LogP contribution >= 0.6 is 0 Å². The van der Waals surface area contributed by atoms with Crippen LogP contribution < -0.4 is 5.32 Å². The standard InChI is InChI=1S/C12H22N2O/c1-9-5-3-6-10(2)14(9)12(15)11-7-4-8-13-11/h9-11,13H,3-8H2,1-2H3/t9-,10-,11-/m1/s1. The van der Waals surface area contributed by atoms with Gasteiger partial charge in [0.15, 0.2) is 0 Å². The molecule has 0 aromatic carbocycles. The average molecular weight is 210 g/mol. The molecule has 2 fully saturated rings. The fourth-order valence-electron chi connectivity index (χ4n) is 2.93. The molecule has 0 bridgehead atoms. The van der Waals surface area contributed by atoms with E-state index in [1.54, 1.807) is 0 Å². The summed E-state index contributed by atoms with van der Waals surface area (Å²) in [6.45, 7) is 5.37. The van der Waals surface area contributed by atoms with Gasteiger partial charge in [0.1, 0.15) is 0 Å². The SMILES string of the molecule is C[C@@H]1CCC[C@@H](C)N1C(=O)[C@H]1CCCN1. The van der Waals surface area contributed by atoms with Crippen LogP contribution in [-0.2, 0) is 4.79 Å². The van der Waals surface area contributed by atoms with Crippen molar-refractivity contribution in [1.29, 1.82) is 0 Å². The summed E-state index contributed by atoms with van der Waals surface area (Å²) in [6.07, 6.45) is 5.78. The summed E-state index contributed by atoms with van der Waals surface area (Å²) in [5.41, 5.74) is 0. The monoisotopic (exact) mass is 210 g/mol. The van der Waals surface area contributed by atoms with E-state index in [9.17, 15) is 4.79 Å². The third-order valence-corrected chi connectivity index (χ3v) is 3.81. The van der Waals surface area contributed by atoms with Crippen LogP contribution in [0.5, 0.6) is 0 Å². The number of carbonyl (C=O) groups excluding carboxylic acids is 1. The van der Waals surface area contributed by atoms with Crippen molar-refractivity contribution in [2.45, 2.75) is 64.1 Å². The Morgan fingerprint density at radius 3 is 2.33 bits per heavy atom. The fourth-order valence-corrected chi connectivity index (χ4v) is 2.93. The lowest BCUT2D eigenvalue weighted by molar-refractivity contribution is -0.139. The molecule has 86 valence electrons. The van der Waals surface area contributed by atoms with Crippen molar-refractivity contribution in [1.82, 2.24) is 10.2 Å². The predicted octanol–water partition coefficient (Wildman–Crippen LogP) is 1.53. The first kappa shape index (κ1) is 10.9. The third-order valence-electron chi connectivity index (χ3n) is 3.81. The maximum Gasteiger partial charge on any atom is 0.240 e. The molecule has 3 heteroatoms. The quantitative estimate of drug-likeness (QED) is 0.712. The van der Waals surface area contributed by atoms with E-state index in [1.165, 1.54) is 19.3 Å². The minimum Gasteiger partial charge on any atom is -0.336 e. The topological polar surface area (TPSA) is 32.3 Å². The van der Waals surface area contributed by atoms with Crippen LogP contribution in [0.4, 0.5) is 0 Å². The molecule has 0 aromatic rings. The van der Waals surface area contributed by atoms with Gasteiger partial charge in [-0.05, 0) is 52.5 Å². The first-order valence-corrected chi connectivity index (χ1v) is 6.25. The fraction of sp³-hybridized carbons (Fsp3) is 0.917. The van der Waals surface area contributed by atoms with Crippen molar-refractivity contribution in [2.75, 3.05) is 6.54 Å². The van der Waals surface area contributed by atoms with Crippen molar-refractivity contribution in [3.05, 3.63) is 0 Å². The lowest BCUT2D eigenvalue weighted by atomic mass is 9.96. The molecular weight excluding hydrogens is 188 g/mol. The number of nitrogens with one attached hydrogen (secondary N) is 1. The summed E-state index contributed by atoms with van der Waals surface area (Å²) >= 11 is 0. The molecule has 2 heterocycles. The van der Waals surface area contributed by atoms with E-state index in [2.05, 4.69) is 24.1 Å². The highest BCUT2D eigenvalue weighted by Gasteiger charge is 2.34. The number of likely N-dealkylation sites (tertiary alicyclic amines) is 1. The van der Waals surface area contributed by atoms with E-state index < -0.39 is 0 Å². The Morgan fingerprint density at radius 2 is 1.80 bits per heavy atom. The summed E-state index contributed by atoms with van der Waals surface area (Å²) < 4.78 is 0. The lowest BCUT2D eigenvalue weighted by Crippen LogP contribution is -2.53. The van der Waals surface area contributed by atoms with Gasteiger partial charge in [0, 0.05) is 12.1 Å². The van der Waals surface area contributed by atoms with Gasteiger partial charge >= 0.3 is 0 Å². The lowest BCUT2D eigenvalue weighted by Gasteiger charge is -2.40. The van der Waals surface area contributed by atoms with E-state index in [0.717, 1.165) is 19.4 Å². The normalized spacial score (nSPS) is 36.9. The Labute approximate surface area is 92.2 Å². The second-order valence-corrected chi connectivity index (χ2v) is 5.02. The molecule has 0 aromatic heterocycles. The van der Waals surface area contributed by atoms with Gasteiger partial charge in [0.25, 0.3) is 0 Å². The van der Waals surface area contributed by atoms with Crippen LogP contribution in [0.3, 0.4) is 0 Å². The molecule has 0 radical (unpaired) electrons. The number of nitrogens with zero attached hydrogens (tertiary/aromatic N) is 1. The third kappa shape index (κ3) is 2.17. The number of amides is 1. The van der Waals surface area contributed by atoms with Crippen LogP contribution in [0, 0.1) is 0 Å². The maximum absolute atomic E-state index is 12.3. The van der Waals surface area contributed by atoms with Crippen molar-refractivity contribution < 1.29 is 4.79 Å². The number of piperidine rings is 1. The minimum atomic E-state index is 0.105. The molecule has 1 N–H and O–H groups in total. The van der Waals surface area contributed by atoms with Gasteiger partial charge in [0.05, 0.1) is 6.04 Å². The number of carbonyl (C=O) groups is 1. The van der Waals surface area contributed by atoms with Gasteiger partial charge in [-0.2, -0.15) is 0 Å².